The van der Waals surface area contributed by atoms with Crippen LogP contribution in [0.15, 0.2) is 42.0 Å². The first-order valence-electron chi connectivity index (χ1n) is 8.17. The van der Waals surface area contributed by atoms with Crippen molar-refractivity contribution in [3.63, 3.8) is 0 Å². The van der Waals surface area contributed by atoms with E-state index in [1.807, 2.05) is 31.5 Å². The number of aryl methyl sites for hydroxylation is 2. The Morgan fingerprint density at radius 3 is 2.96 bits per heavy atom. The number of halogens is 1. The van der Waals surface area contributed by atoms with Crippen LogP contribution in [0.4, 0.5) is 4.39 Å². The smallest absolute Gasteiger partial charge is 0.193 e. The van der Waals surface area contributed by atoms with E-state index in [9.17, 15) is 4.39 Å². The van der Waals surface area contributed by atoms with Gasteiger partial charge in [0.1, 0.15) is 5.82 Å². The molecule has 3 heterocycles. The third kappa shape index (κ3) is 2.99. The Kier molecular flexibility index (Phi) is 4.15. The summed E-state index contributed by atoms with van der Waals surface area (Å²) in [5.41, 5.74) is 5.27. The summed E-state index contributed by atoms with van der Waals surface area (Å²) in [7, 11) is 0. The maximum absolute atomic E-state index is 14.0. The SMILES string of the molecule is Cc1[nH]c2c(CNCc3cccn3-c3nccs3)cc(F)cc2c1C. The summed E-state index contributed by atoms with van der Waals surface area (Å²) in [4.78, 5) is 7.73. The molecule has 0 atom stereocenters. The maximum Gasteiger partial charge on any atom is 0.193 e. The van der Waals surface area contributed by atoms with Gasteiger partial charge in [0.25, 0.3) is 0 Å². The van der Waals surface area contributed by atoms with Crippen molar-refractivity contribution in [3.8, 4) is 5.13 Å². The van der Waals surface area contributed by atoms with Crippen molar-refractivity contribution in [2.45, 2.75) is 26.9 Å². The lowest BCUT2D eigenvalue weighted by Gasteiger charge is -2.09. The topological polar surface area (TPSA) is 45.6 Å². The monoisotopic (exact) mass is 354 g/mol. The molecule has 0 aliphatic carbocycles. The van der Waals surface area contributed by atoms with Crippen molar-refractivity contribution >= 4 is 22.2 Å². The highest BCUT2D eigenvalue weighted by Crippen LogP contribution is 2.25. The fourth-order valence-electron chi connectivity index (χ4n) is 3.14. The molecule has 4 rings (SSSR count). The van der Waals surface area contributed by atoms with Crippen molar-refractivity contribution in [3.05, 3.63) is 70.4 Å². The Bertz CT molecular complexity index is 1010. The molecule has 1 aromatic carbocycles. The van der Waals surface area contributed by atoms with E-state index < -0.39 is 0 Å². The van der Waals surface area contributed by atoms with Crippen LogP contribution in [-0.4, -0.2) is 14.5 Å². The van der Waals surface area contributed by atoms with Gasteiger partial charge in [0.2, 0.25) is 0 Å². The molecule has 0 fully saturated rings. The van der Waals surface area contributed by atoms with Crippen molar-refractivity contribution in [1.82, 2.24) is 19.9 Å². The zero-order valence-corrected chi connectivity index (χ0v) is 15.0. The lowest BCUT2D eigenvalue weighted by Crippen LogP contribution is -2.15. The lowest BCUT2D eigenvalue weighted by molar-refractivity contribution is 0.621. The van der Waals surface area contributed by atoms with Crippen LogP contribution in [0.5, 0.6) is 0 Å². The van der Waals surface area contributed by atoms with E-state index in [-0.39, 0.29) is 5.82 Å². The molecule has 0 aliphatic heterocycles. The molecule has 4 nitrogen and oxygen atoms in total. The van der Waals surface area contributed by atoms with Gasteiger partial charge in [-0.2, -0.15) is 0 Å². The summed E-state index contributed by atoms with van der Waals surface area (Å²) >= 11 is 1.60. The van der Waals surface area contributed by atoms with Gasteiger partial charge >= 0.3 is 0 Å². The minimum Gasteiger partial charge on any atom is -0.358 e. The van der Waals surface area contributed by atoms with Gasteiger partial charge < -0.3 is 10.3 Å². The first-order chi connectivity index (χ1) is 12.1. The minimum absolute atomic E-state index is 0.197. The first kappa shape index (κ1) is 16.1. The van der Waals surface area contributed by atoms with E-state index in [2.05, 4.69) is 25.9 Å². The average Bonchev–Trinajstić information content (AvgIpc) is 3.30. The van der Waals surface area contributed by atoms with Crippen molar-refractivity contribution in [2.24, 2.45) is 0 Å². The number of hydrogen-bond donors (Lipinski definition) is 2. The molecular weight excluding hydrogens is 335 g/mol. The average molecular weight is 354 g/mol. The minimum atomic E-state index is -0.197. The van der Waals surface area contributed by atoms with E-state index >= 15 is 0 Å². The number of fused-ring (bicyclic) bond motifs is 1. The molecule has 0 saturated carbocycles. The summed E-state index contributed by atoms with van der Waals surface area (Å²) < 4.78 is 16.1. The van der Waals surface area contributed by atoms with Crippen LogP contribution in [0.25, 0.3) is 16.0 Å². The Morgan fingerprint density at radius 1 is 1.28 bits per heavy atom. The van der Waals surface area contributed by atoms with Gasteiger partial charge in [-0.05, 0) is 49.2 Å². The summed E-state index contributed by atoms with van der Waals surface area (Å²) in [5, 5.41) is 7.30. The zero-order valence-electron chi connectivity index (χ0n) is 14.1. The van der Waals surface area contributed by atoms with Crippen molar-refractivity contribution < 1.29 is 4.39 Å². The van der Waals surface area contributed by atoms with E-state index in [4.69, 9.17) is 0 Å². The van der Waals surface area contributed by atoms with Gasteiger partial charge in [-0.25, -0.2) is 9.37 Å². The highest BCUT2D eigenvalue weighted by molar-refractivity contribution is 7.12. The highest BCUT2D eigenvalue weighted by Gasteiger charge is 2.11. The van der Waals surface area contributed by atoms with E-state index in [1.54, 1.807) is 29.7 Å². The number of thiazole rings is 1. The molecule has 0 unspecified atom stereocenters. The third-order valence-corrected chi connectivity index (χ3v) is 5.31. The largest absolute Gasteiger partial charge is 0.358 e. The summed E-state index contributed by atoms with van der Waals surface area (Å²) in [6.45, 7) is 5.32. The fraction of sp³-hybridized carbons (Fsp3) is 0.211. The Hall–Kier alpha value is -2.44. The summed E-state index contributed by atoms with van der Waals surface area (Å²) in [5.74, 6) is -0.197. The number of H-pyrrole nitrogens is 1. The third-order valence-electron chi connectivity index (χ3n) is 4.54. The molecule has 2 N–H and O–H groups in total. The second-order valence-corrected chi connectivity index (χ2v) is 7.02. The lowest BCUT2D eigenvalue weighted by atomic mass is 10.1. The van der Waals surface area contributed by atoms with Crippen LogP contribution in [0, 0.1) is 19.7 Å². The molecule has 25 heavy (non-hydrogen) atoms. The first-order valence-corrected chi connectivity index (χ1v) is 9.05. The molecule has 128 valence electrons. The van der Waals surface area contributed by atoms with Crippen molar-refractivity contribution in [1.29, 1.82) is 0 Å². The number of hydrogen-bond acceptors (Lipinski definition) is 3. The Labute approximate surface area is 149 Å². The number of benzene rings is 1. The molecule has 0 saturated heterocycles. The molecule has 4 aromatic rings. The number of aromatic amines is 1. The molecule has 0 aliphatic rings. The van der Waals surface area contributed by atoms with E-state index in [0.717, 1.165) is 38.5 Å². The molecule has 0 spiro atoms. The van der Waals surface area contributed by atoms with Gasteiger partial charge in [0.05, 0.1) is 5.52 Å². The molecule has 0 amide bonds. The quantitative estimate of drug-likeness (QED) is 0.556. The molecule has 0 bridgehead atoms. The van der Waals surface area contributed by atoms with Crippen LogP contribution in [0.2, 0.25) is 0 Å². The fourth-order valence-corrected chi connectivity index (χ4v) is 3.79. The highest BCUT2D eigenvalue weighted by atomic mass is 32.1. The van der Waals surface area contributed by atoms with Gasteiger partial charge in [-0.3, -0.25) is 4.57 Å². The van der Waals surface area contributed by atoms with Gasteiger partial charge in [0.15, 0.2) is 5.13 Å². The standard InChI is InChI=1S/C19H19FN4S/c1-12-13(2)23-18-14(8-15(20)9-17(12)18)10-21-11-16-4-3-6-24(16)19-22-5-7-25-19/h3-9,21,23H,10-11H2,1-2H3. The van der Waals surface area contributed by atoms with E-state index in [1.165, 1.54) is 0 Å². The Morgan fingerprint density at radius 2 is 2.16 bits per heavy atom. The van der Waals surface area contributed by atoms with Crippen LogP contribution < -0.4 is 5.32 Å². The predicted octanol–water partition coefficient (Wildman–Crippen LogP) is 4.46. The van der Waals surface area contributed by atoms with Crippen LogP contribution >= 0.6 is 11.3 Å². The Balaban J connectivity index is 1.54. The van der Waals surface area contributed by atoms with Crippen molar-refractivity contribution in [2.75, 3.05) is 0 Å². The summed E-state index contributed by atoms with van der Waals surface area (Å²) in [6, 6.07) is 7.28. The molecule has 0 radical (unpaired) electrons. The van der Waals surface area contributed by atoms with E-state index in [0.29, 0.717) is 13.1 Å². The summed E-state index contributed by atoms with van der Waals surface area (Å²) in [6.07, 6.45) is 3.81. The van der Waals surface area contributed by atoms with Crippen LogP contribution in [0.1, 0.15) is 22.5 Å². The maximum atomic E-state index is 14.0. The molecule has 6 heteroatoms. The molecule has 3 aromatic heterocycles. The second kappa shape index (κ2) is 6.46. The van der Waals surface area contributed by atoms with Gasteiger partial charge in [-0.15, -0.1) is 11.3 Å². The van der Waals surface area contributed by atoms with Gasteiger partial charge in [-0.1, -0.05) is 0 Å². The second-order valence-electron chi connectivity index (χ2n) is 6.15. The van der Waals surface area contributed by atoms with Gasteiger partial charge in [0, 0.05) is 47.6 Å². The normalized spacial score (nSPS) is 11.5. The molecular formula is C19H19FN4S. The zero-order chi connectivity index (χ0) is 17.4. The van der Waals surface area contributed by atoms with Crippen LogP contribution in [-0.2, 0) is 13.1 Å². The number of nitrogens with zero attached hydrogens (tertiary/aromatic N) is 2. The number of rotatable bonds is 5. The predicted molar refractivity (Wildman–Crippen MR) is 99.7 cm³/mol. The van der Waals surface area contributed by atoms with Crippen LogP contribution in [0.3, 0.4) is 0 Å². The number of aromatic nitrogens is 3. The number of nitrogens with one attached hydrogen (secondary N) is 2.